The second-order valence-electron chi connectivity index (χ2n) is 5.60. The van der Waals surface area contributed by atoms with E-state index in [-0.39, 0.29) is 11.2 Å². The predicted octanol–water partition coefficient (Wildman–Crippen LogP) is 4.49. The second kappa shape index (κ2) is 5.75. The Kier molecular flexibility index (Phi) is 4.27. The number of ketones is 1. The zero-order valence-corrected chi connectivity index (χ0v) is 11.9. The Hall–Kier alpha value is -1.33. The summed E-state index contributed by atoms with van der Waals surface area (Å²) in [6.07, 6.45) is 5.16. The molecule has 0 N–H and O–H groups in total. The maximum absolute atomic E-state index is 12.7. The van der Waals surface area contributed by atoms with Crippen LogP contribution in [0.4, 0.5) is 0 Å². The van der Waals surface area contributed by atoms with Gasteiger partial charge in [-0.1, -0.05) is 49.9 Å². The van der Waals surface area contributed by atoms with Gasteiger partial charge in [0.2, 0.25) is 0 Å². The normalized spacial score (nSPS) is 19.4. The van der Waals surface area contributed by atoms with Crippen LogP contribution in [0.5, 0.6) is 0 Å². The first-order valence-corrected chi connectivity index (χ1v) is 7.14. The van der Waals surface area contributed by atoms with Crippen LogP contribution in [0.3, 0.4) is 0 Å². The molecule has 0 saturated heterocycles. The van der Waals surface area contributed by atoms with E-state index in [4.69, 9.17) is 11.6 Å². The Balaban J connectivity index is 2.24. The first-order chi connectivity index (χ1) is 9.07. The molecule has 100 valence electrons. The van der Waals surface area contributed by atoms with Crippen molar-refractivity contribution in [3.63, 3.8) is 0 Å². The largest absolute Gasteiger partial charge is 0.297 e. The summed E-state index contributed by atoms with van der Waals surface area (Å²) in [6.45, 7) is 2.01. The summed E-state index contributed by atoms with van der Waals surface area (Å²) in [4.78, 5) is 12.7. The zero-order valence-electron chi connectivity index (χ0n) is 11.2. The van der Waals surface area contributed by atoms with E-state index in [0.29, 0.717) is 5.02 Å². The van der Waals surface area contributed by atoms with Crippen molar-refractivity contribution in [3.8, 4) is 6.07 Å². The average molecular weight is 276 g/mol. The molecule has 2 nitrogen and oxygen atoms in total. The number of benzene rings is 1. The van der Waals surface area contributed by atoms with Gasteiger partial charge in [0.1, 0.15) is 5.92 Å². The summed E-state index contributed by atoms with van der Waals surface area (Å²) in [5.41, 5.74) is 0.418. The predicted molar refractivity (Wildman–Crippen MR) is 76.0 cm³/mol. The van der Waals surface area contributed by atoms with Gasteiger partial charge in [0, 0.05) is 10.4 Å². The minimum absolute atomic E-state index is 0.0667. The van der Waals surface area contributed by atoms with Crippen LogP contribution >= 0.6 is 11.6 Å². The fourth-order valence-electron chi connectivity index (χ4n) is 2.87. The number of halogens is 1. The lowest BCUT2D eigenvalue weighted by molar-refractivity contribution is -0.129. The standard InChI is InChI=1S/C16H18ClNO/c1-16(9-3-2-4-10-16)15(19)14(11-18)12-5-7-13(17)8-6-12/h5-8,14H,2-4,9-10H2,1H3. The van der Waals surface area contributed by atoms with E-state index in [9.17, 15) is 10.1 Å². The number of carbonyl (C=O) groups excluding carboxylic acids is 1. The number of carbonyl (C=O) groups is 1. The van der Waals surface area contributed by atoms with Crippen LogP contribution in [-0.4, -0.2) is 5.78 Å². The highest BCUT2D eigenvalue weighted by Gasteiger charge is 2.39. The van der Waals surface area contributed by atoms with Crippen molar-refractivity contribution in [3.05, 3.63) is 34.9 Å². The number of Topliss-reactive ketones (excluding diaryl/α,β-unsaturated/α-hetero) is 1. The molecule has 0 spiro atoms. The third kappa shape index (κ3) is 2.98. The molecule has 19 heavy (non-hydrogen) atoms. The van der Waals surface area contributed by atoms with Gasteiger partial charge in [-0.2, -0.15) is 5.26 Å². The summed E-state index contributed by atoms with van der Waals surface area (Å²) < 4.78 is 0. The SMILES string of the molecule is CC1(C(=O)C(C#N)c2ccc(Cl)cc2)CCCCC1. The van der Waals surface area contributed by atoms with Crippen LogP contribution in [0.25, 0.3) is 0 Å². The molecule has 1 aromatic rings. The highest BCUT2D eigenvalue weighted by atomic mass is 35.5. The molecule has 0 radical (unpaired) electrons. The Morgan fingerprint density at radius 2 is 1.84 bits per heavy atom. The van der Waals surface area contributed by atoms with Gasteiger partial charge in [-0.25, -0.2) is 0 Å². The van der Waals surface area contributed by atoms with Crippen molar-refractivity contribution in [2.45, 2.75) is 44.9 Å². The molecular weight excluding hydrogens is 258 g/mol. The Morgan fingerprint density at radius 3 is 2.37 bits per heavy atom. The summed E-state index contributed by atoms with van der Waals surface area (Å²) >= 11 is 5.85. The fraction of sp³-hybridized carbons (Fsp3) is 0.500. The maximum atomic E-state index is 12.7. The van der Waals surface area contributed by atoms with Crippen molar-refractivity contribution in [2.75, 3.05) is 0 Å². The molecule has 1 aliphatic carbocycles. The van der Waals surface area contributed by atoms with Crippen LogP contribution in [0.1, 0.15) is 50.5 Å². The van der Waals surface area contributed by atoms with Gasteiger partial charge in [0.05, 0.1) is 6.07 Å². The Bertz CT molecular complexity index is 494. The molecule has 1 unspecified atom stereocenters. The molecule has 3 heteroatoms. The smallest absolute Gasteiger partial charge is 0.160 e. The lowest BCUT2D eigenvalue weighted by atomic mass is 9.68. The fourth-order valence-corrected chi connectivity index (χ4v) is 2.99. The van der Waals surface area contributed by atoms with Crippen LogP contribution in [0, 0.1) is 16.7 Å². The van der Waals surface area contributed by atoms with Gasteiger partial charge in [-0.15, -0.1) is 0 Å². The average Bonchev–Trinajstić information content (AvgIpc) is 2.42. The van der Waals surface area contributed by atoms with Crippen molar-refractivity contribution in [1.29, 1.82) is 5.26 Å². The molecule has 0 aliphatic heterocycles. The zero-order chi connectivity index (χ0) is 13.9. The summed E-state index contributed by atoms with van der Waals surface area (Å²) in [6, 6.07) is 9.19. The number of hydrogen-bond acceptors (Lipinski definition) is 2. The number of nitrogens with zero attached hydrogens (tertiary/aromatic N) is 1. The van der Waals surface area contributed by atoms with E-state index in [1.54, 1.807) is 24.3 Å². The van der Waals surface area contributed by atoms with E-state index in [0.717, 1.165) is 31.2 Å². The molecule has 1 atom stereocenters. The molecule has 0 amide bonds. The molecule has 1 saturated carbocycles. The van der Waals surface area contributed by atoms with Gasteiger partial charge in [-0.3, -0.25) is 4.79 Å². The van der Waals surface area contributed by atoms with Crippen molar-refractivity contribution < 1.29 is 4.79 Å². The van der Waals surface area contributed by atoms with E-state index in [1.807, 2.05) is 6.92 Å². The number of nitriles is 1. The van der Waals surface area contributed by atoms with Crippen molar-refractivity contribution >= 4 is 17.4 Å². The van der Waals surface area contributed by atoms with Crippen molar-refractivity contribution in [1.82, 2.24) is 0 Å². The summed E-state index contributed by atoms with van der Waals surface area (Å²) in [7, 11) is 0. The second-order valence-corrected chi connectivity index (χ2v) is 6.04. The van der Waals surface area contributed by atoms with Crippen molar-refractivity contribution in [2.24, 2.45) is 5.41 Å². The molecular formula is C16H18ClNO. The molecule has 0 heterocycles. The van der Waals surface area contributed by atoms with Gasteiger partial charge in [0.15, 0.2) is 5.78 Å². The first-order valence-electron chi connectivity index (χ1n) is 6.76. The number of hydrogen-bond donors (Lipinski definition) is 0. The maximum Gasteiger partial charge on any atom is 0.160 e. The number of rotatable bonds is 3. The monoisotopic (exact) mass is 275 g/mol. The van der Waals surface area contributed by atoms with Crippen LogP contribution in [-0.2, 0) is 4.79 Å². The molecule has 0 aromatic heterocycles. The summed E-state index contributed by atoms with van der Waals surface area (Å²) in [5, 5.41) is 9.98. The lowest BCUT2D eigenvalue weighted by Gasteiger charge is -2.33. The molecule has 0 bridgehead atoms. The molecule has 2 rings (SSSR count). The van der Waals surface area contributed by atoms with E-state index in [2.05, 4.69) is 6.07 Å². The highest BCUT2D eigenvalue weighted by molar-refractivity contribution is 6.30. The highest BCUT2D eigenvalue weighted by Crippen LogP contribution is 2.40. The van der Waals surface area contributed by atoms with Gasteiger partial charge >= 0.3 is 0 Å². The Labute approximate surface area is 119 Å². The van der Waals surface area contributed by atoms with Gasteiger partial charge in [-0.05, 0) is 30.5 Å². The quantitative estimate of drug-likeness (QED) is 0.816. The van der Waals surface area contributed by atoms with E-state index >= 15 is 0 Å². The topological polar surface area (TPSA) is 40.9 Å². The Morgan fingerprint density at radius 1 is 1.26 bits per heavy atom. The van der Waals surface area contributed by atoms with Crippen LogP contribution in [0.2, 0.25) is 5.02 Å². The van der Waals surface area contributed by atoms with E-state index < -0.39 is 5.92 Å². The molecule has 1 aliphatic rings. The minimum atomic E-state index is -0.666. The van der Waals surface area contributed by atoms with Gasteiger partial charge in [0.25, 0.3) is 0 Å². The minimum Gasteiger partial charge on any atom is -0.297 e. The third-order valence-electron chi connectivity index (χ3n) is 4.15. The lowest BCUT2D eigenvalue weighted by Crippen LogP contribution is -2.34. The van der Waals surface area contributed by atoms with E-state index in [1.165, 1.54) is 6.42 Å². The summed E-state index contributed by atoms with van der Waals surface area (Å²) in [5.74, 6) is -0.600. The molecule has 1 fully saturated rings. The molecule has 1 aromatic carbocycles. The van der Waals surface area contributed by atoms with Crippen LogP contribution in [0.15, 0.2) is 24.3 Å². The third-order valence-corrected chi connectivity index (χ3v) is 4.40. The van der Waals surface area contributed by atoms with Crippen LogP contribution < -0.4 is 0 Å². The first kappa shape index (κ1) is 14.1. The van der Waals surface area contributed by atoms with Gasteiger partial charge < -0.3 is 0 Å².